The van der Waals surface area contributed by atoms with Crippen molar-refractivity contribution in [2.45, 2.75) is 6.04 Å². The van der Waals surface area contributed by atoms with Crippen LogP contribution in [0.2, 0.25) is 0 Å². The van der Waals surface area contributed by atoms with Gasteiger partial charge in [0.05, 0.1) is 10.6 Å². The molecule has 3 rings (SSSR count). The largest absolute Gasteiger partial charge is 0.287 e. The Morgan fingerprint density at radius 3 is 2.12 bits per heavy atom. The quantitative estimate of drug-likeness (QED) is 0.427. The molecule has 0 aromatic heterocycles. The van der Waals surface area contributed by atoms with Crippen molar-refractivity contribution in [3.63, 3.8) is 0 Å². The zero-order chi connectivity index (χ0) is 18.4. The Morgan fingerprint density at radius 1 is 0.885 bits per heavy atom. The number of anilines is 1. The highest BCUT2D eigenvalue weighted by Crippen LogP contribution is 2.25. The minimum Gasteiger partial charge on any atom is -0.287 e. The summed E-state index contributed by atoms with van der Waals surface area (Å²) in [7, 11) is 0. The summed E-state index contributed by atoms with van der Waals surface area (Å²) in [6.07, 6.45) is 0. The Hall–Kier alpha value is -3.62. The van der Waals surface area contributed by atoms with E-state index in [0.29, 0.717) is 11.3 Å². The van der Waals surface area contributed by atoms with Gasteiger partial charge in [-0.25, -0.2) is 5.06 Å². The summed E-state index contributed by atoms with van der Waals surface area (Å²) in [5.74, 6) is 5.82. The van der Waals surface area contributed by atoms with E-state index in [1.807, 2.05) is 48.5 Å². The Labute approximate surface area is 151 Å². The van der Waals surface area contributed by atoms with Gasteiger partial charge in [0.15, 0.2) is 0 Å². The van der Waals surface area contributed by atoms with E-state index in [0.717, 1.165) is 10.6 Å². The third-order valence-corrected chi connectivity index (χ3v) is 3.82. The highest BCUT2D eigenvalue weighted by molar-refractivity contribution is 5.54. The van der Waals surface area contributed by atoms with Gasteiger partial charge in [-0.3, -0.25) is 15.3 Å². The summed E-state index contributed by atoms with van der Waals surface area (Å²) >= 11 is 0. The molecule has 5 heteroatoms. The van der Waals surface area contributed by atoms with E-state index in [9.17, 15) is 15.3 Å². The predicted octanol–water partition coefficient (Wildman–Crippen LogP) is 4.58. The van der Waals surface area contributed by atoms with E-state index in [1.54, 1.807) is 30.3 Å². The topological polar surface area (TPSA) is 66.6 Å². The maximum Gasteiger partial charge on any atom is 0.284 e. The number of nitro benzene ring substituents is 1. The summed E-state index contributed by atoms with van der Waals surface area (Å²) < 4.78 is 0. The lowest BCUT2D eigenvalue weighted by Gasteiger charge is -2.24. The van der Waals surface area contributed by atoms with E-state index >= 15 is 0 Å². The number of hydrogen-bond donors (Lipinski definition) is 1. The van der Waals surface area contributed by atoms with Gasteiger partial charge in [-0.2, -0.15) is 0 Å². The van der Waals surface area contributed by atoms with E-state index < -0.39 is 11.0 Å². The van der Waals surface area contributed by atoms with Crippen molar-refractivity contribution in [2.75, 3.05) is 5.06 Å². The Balaban J connectivity index is 2.03. The molecule has 0 heterocycles. The van der Waals surface area contributed by atoms with Gasteiger partial charge in [0.1, 0.15) is 11.6 Å². The molecule has 3 aromatic carbocycles. The van der Waals surface area contributed by atoms with E-state index in [-0.39, 0.29) is 5.69 Å². The molecular formula is C21H16N2O3. The fraction of sp³-hybridized carbons (Fsp3) is 0.0476. The standard InChI is InChI=1S/C21H16N2O3/c24-22(19-12-5-2-6-13-19)20(17-9-3-1-4-10-17)16-15-18-11-7-8-14-21(18)23(25)26/h1-14,20,24H. The minimum atomic E-state index is -0.668. The number of benzene rings is 3. The molecule has 0 aliphatic rings. The molecule has 3 aromatic rings. The van der Waals surface area contributed by atoms with Crippen molar-refractivity contribution in [2.24, 2.45) is 0 Å². The van der Waals surface area contributed by atoms with Crippen LogP contribution in [0.25, 0.3) is 0 Å². The predicted molar refractivity (Wildman–Crippen MR) is 99.9 cm³/mol. The zero-order valence-electron chi connectivity index (χ0n) is 13.8. The van der Waals surface area contributed by atoms with Crippen LogP contribution in [0, 0.1) is 22.0 Å². The smallest absolute Gasteiger partial charge is 0.284 e. The second-order valence-electron chi connectivity index (χ2n) is 5.54. The third kappa shape index (κ3) is 3.89. The van der Waals surface area contributed by atoms with Gasteiger partial charge in [-0.05, 0) is 23.8 Å². The van der Waals surface area contributed by atoms with Crippen LogP contribution in [0.1, 0.15) is 17.2 Å². The van der Waals surface area contributed by atoms with Gasteiger partial charge in [0.25, 0.3) is 5.69 Å². The van der Waals surface area contributed by atoms with Crippen LogP contribution in [0.4, 0.5) is 11.4 Å². The van der Waals surface area contributed by atoms with Crippen molar-refractivity contribution in [1.82, 2.24) is 0 Å². The summed E-state index contributed by atoms with van der Waals surface area (Å²) in [5.41, 5.74) is 1.61. The molecule has 0 bridgehead atoms. The molecule has 0 radical (unpaired) electrons. The molecule has 1 N–H and O–H groups in total. The molecule has 0 saturated carbocycles. The van der Waals surface area contributed by atoms with Crippen LogP contribution >= 0.6 is 0 Å². The zero-order valence-corrected chi connectivity index (χ0v) is 13.8. The Kier molecular flexibility index (Phi) is 5.28. The maximum absolute atomic E-state index is 11.2. The number of para-hydroxylation sites is 2. The molecule has 0 spiro atoms. The normalized spacial score (nSPS) is 11.1. The molecule has 5 nitrogen and oxygen atoms in total. The van der Waals surface area contributed by atoms with Crippen LogP contribution < -0.4 is 5.06 Å². The van der Waals surface area contributed by atoms with Gasteiger partial charge in [-0.15, -0.1) is 0 Å². The monoisotopic (exact) mass is 344 g/mol. The highest BCUT2D eigenvalue weighted by atomic mass is 16.6. The Morgan fingerprint density at radius 2 is 1.46 bits per heavy atom. The van der Waals surface area contributed by atoms with Crippen molar-refractivity contribution in [1.29, 1.82) is 0 Å². The highest BCUT2D eigenvalue weighted by Gasteiger charge is 2.18. The second-order valence-corrected chi connectivity index (χ2v) is 5.54. The van der Waals surface area contributed by atoms with Gasteiger partial charge in [-0.1, -0.05) is 72.5 Å². The van der Waals surface area contributed by atoms with E-state index in [4.69, 9.17) is 0 Å². The summed E-state index contributed by atoms with van der Waals surface area (Å²) in [6.45, 7) is 0. The van der Waals surface area contributed by atoms with Gasteiger partial charge < -0.3 is 0 Å². The first-order chi connectivity index (χ1) is 12.7. The van der Waals surface area contributed by atoms with Crippen LogP contribution in [-0.4, -0.2) is 10.1 Å². The van der Waals surface area contributed by atoms with Crippen LogP contribution in [0.5, 0.6) is 0 Å². The minimum absolute atomic E-state index is 0.0592. The molecule has 0 aliphatic heterocycles. The lowest BCUT2D eigenvalue weighted by atomic mass is 10.1. The van der Waals surface area contributed by atoms with Crippen molar-refractivity contribution < 1.29 is 10.1 Å². The number of nitro groups is 1. The van der Waals surface area contributed by atoms with Crippen molar-refractivity contribution in [3.8, 4) is 11.8 Å². The first kappa shape index (κ1) is 17.2. The van der Waals surface area contributed by atoms with Gasteiger partial charge in [0.2, 0.25) is 0 Å². The number of nitrogens with zero attached hydrogens (tertiary/aromatic N) is 2. The van der Waals surface area contributed by atoms with E-state index in [2.05, 4.69) is 11.8 Å². The lowest BCUT2D eigenvalue weighted by molar-refractivity contribution is -0.385. The molecule has 0 aliphatic carbocycles. The summed E-state index contributed by atoms with van der Waals surface area (Å²) in [4.78, 5) is 10.7. The van der Waals surface area contributed by atoms with Crippen molar-refractivity contribution >= 4 is 11.4 Å². The Bertz CT molecular complexity index is 947. The molecule has 0 saturated heterocycles. The van der Waals surface area contributed by atoms with Crippen molar-refractivity contribution in [3.05, 3.63) is 106 Å². The molecule has 1 unspecified atom stereocenters. The molecule has 0 fully saturated rings. The fourth-order valence-corrected chi connectivity index (χ4v) is 2.54. The second kappa shape index (κ2) is 7.97. The van der Waals surface area contributed by atoms with Gasteiger partial charge in [0, 0.05) is 6.07 Å². The SMILES string of the molecule is O=[N+]([O-])c1ccccc1C#CC(c1ccccc1)N(O)c1ccccc1. The number of hydroxylamine groups is 1. The molecule has 1 atom stereocenters. The summed E-state index contributed by atoms with van der Waals surface area (Å²) in [5, 5.41) is 22.9. The first-order valence-corrected chi connectivity index (χ1v) is 8.00. The average Bonchev–Trinajstić information content (AvgIpc) is 2.69. The average molecular weight is 344 g/mol. The van der Waals surface area contributed by atoms with Crippen LogP contribution in [0.15, 0.2) is 84.9 Å². The molecule has 128 valence electrons. The number of rotatable bonds is 4. The lowest BCUT2D eigenvalue weighted by Crippen LogP contribution is -2.23. The molecular weight excluding hydrogens is 328 g/mol. The summed E-state index contributed by atoms with van der Waals surface area (Å²) in [6, 6.07) is 23.9. The first-order valence-electron chi connectivity index (χ1n) is 8.00. The van der Waals surface area contributed by atoms with E-state index in [1.165, 1.54) is 6.07 Å². The van der Waals surface area contributed by atoms with Gasteiger partial charge >= 0.3 is 0 Å². The fourth-order valence-electron chi connectivity index (χ4n) is 2.54. The molecule has 0 amide bonds. The van der Waals surface area contributed by atoms with Crippen LogP contribution in [-0.2, 0) is 0 Å². The number of hydrogen-bond acceptors (Lipinski definition) is 4. The maximum atomic E-state index is 11.2. The third-order valence-electron chi connectivity index (χ3n) is 3.82. The van der Waals surface area contributed by atoms with Crippen LogP contribution in [0.3, 0.4) is 0 Å². The molecule has 26 heavy (non-hydrogen) atoms.